The molecule has 0 spiro atoms. The first-order chi connectivity index (χ1) is 12.4. The Morgan fingerprint density at radius 2 is 2.19 bits per heavy atom. The van der Waals surface area contributed by atoms with Gasteiger partial charge in [0.2, 0.25) is 0 Å². The number of hydrogen-bond donors (Lipinski definition) is 0. The van der Waals surface area contributed by atoms with Crippen molar-refractivity contribution in [2.24, 2.45) is 12.1 Å². The highest BCUT2D eigenvalue weighted by Crippen LogP contribution is 2.28. The van der Waals surface area contributed by atoms with Crippen LogP contribution in [0.5, 0.6) is 0 Å². The van der Waals surface area contributed by atoms with E-state index in [1.165, 1.54) is 0 Å². The number of hydrogen-bond acceptors (Lipinski definition) is 6. The SMILES string of the molecule is CC(=O)c1cccc(CN(C)/N=C\c2c(C=O)n(C)c3nc(C)sc23)c1. The second-order valence-corrected chi connectivity index (χ2v) is 7.38. The van der Waals surface area contributed by atoms with Crippen LogP contribution in [0.25, 0.3) is 10.3 Å². The number of rotatable bonds is 6. The van der Waals surface area contributed by atoms with Crippen molar-refractivity contribution < 1.29 is 9.59 Å². The van der Waals surface area contributed by atoms with Crippen LogP contribution in [0.15, 0.2) is 29.4 Å². The molecule has 3 aromatic rings. The zero-order valence-electron chi connectivity index (χ0n) is 15.2. The van der Waals surface area contributed by atoms with E-state index in [9.17, 15) is 9.59 Å². The van der Waals surface area contributed by atoms with Gasteiger partial charge in [-0.1, -0.05) is 18.2 Å². The van der Waals surface area contributed by atoms with Crippen molar-refractivity contribution in [2.75, 3.05) is 7.05 Å². The van der Waals surface area contributed by atoms with Gasteiger partial charge < -0.3 is 4.57 Å². The molecule has 0 atom stereocenters. The molecule has 7 heteroatoms. The number of ketones is 1. The lowest BCUT2D eigenvalue weighted by Crippen LogP contribution is -2.11. The summed E-state index contributed by atoms with van der Waals surface area (Å²) in [6.45, 7) is 4.06. The average Bonchev–Trinajstić information content (AvgIpc) is 3.09. The highest BCUT2D eigenvalue weighted by molar-refractivity contribution is 7.18. The molecule has 0 radical (unpaired) electrons. The van der Waals surface area contributed by atoms with Gasteiger partial charge in [0.25, 0.3) is 0 Å². The second-order valence-electron chi connectivity index (χ2n) is 6.18. The summed E-state index contributed by atoms with van der Waals surface area (Å²) < 4.78 is 2.76. The molecule has 0 fully saturated rings. The standard InChI is InChI=1S/C19H20N4O2S/c1-12(25)15-7-5-6-14(8-15)10-22(3)20-9-16-17(11-24)23(4)19-18(16)26-13(2)21-19/h5-9,11H,10H2,1-4H3/b20-9-. The van der Waals surface area contributed by atoms with Gasteiger partial charge in [0.1, 0.15) is 0 Å². The van der Waals surface area contributed by atoms with Crippen molar-refractivity contribution in [3.63, 3.8) is 0 Å². The molecule has 0 unspecified atom stereocenters. The summed E-state index contributed by atoms with van der Waals surface area (Å²) in [4.78, 5) is 27.5. The van der Waals surface area contributed by atoms with Gasteiger partial charge in [-0.3, -0.25) is 14.6 Å². The van der Waals surface area contributed by atoms with E-state index in [2.05, 4.69) is 10.1 Å². The van der Waals surface area contributed by atoms with Crippen molar-refractivity contribution in [3.8, 4) is 0 Å². The highest BCUT2D eigenvalue weighted by Gasteiger charge is 2.17. The number of carbonyl (C=O) groups is 2. The number of benzene rings is 1. The number of nitrogens with zero attached hydrogens (tertiary/aromatic N) is 4. The fraction of sp³-hybridized carbons (Fsp3) is 0.263. The molecule has 0 N–H and O–H groups in total. The molecule has 0 amide bonds. The quantitative estimate of drug-likeness (QED) is 0.289. The Labute approximate surface area is 155 Å². The maximum atomic E-state index is 11.5. The van der Waals surface area contributed by atoms with Gasteiger partial charge in [0, 0.05) is 25.2 Å². The molecule has 0 saturated carbocycles. The third-order valence-electron chi connectivity index (χ3n) is 4.16. The fourth-order valence-electron chi connectivity index (χ4n) is 2.85. The van der Waals surface area contributed by atoms with E-state index in [4.69, 9.17) is 0 Å². The Bertz CT molecular complexity index is 1020. The van der Waals surface area contributed by atoms with Crippen molar-refractivity contribution in [3.05, 3.63) is 51.7 Å². The largest absolute Gasteiger partial charge is 0.325 e. The Balaban J connectivity index is 1.85. The van der Waals surface area contributed by atoms with Crippen LogP contribution < -0.4 is 0 Å². The molecule has 0 saturated heterocycles. The number of Topliss-reactive ketones (excluding diaryl/α,β-unsaturated/α-hetero) is 1. The molecule has 1 aromatic carbocycles. The Kier molecular flexibility index (Phi) is 4.99. The van der Waals surface area contributed by atoms with Gasteiger partial charge in [0.05, 0.1) is 28.2 Å². The number of aldehydes is 1. The summed E-state index contributed by atoms with van der Waals surface area (Å²) >= 11 is 1.55. The maximum Gasteiger partial charge on any atom is 0.167 e. The molecule has 134 valence electrons. The number of aryl methyl sites for hydroxylation is 2. The van der Waals surface area contributed by atoms with Crippen molar-refractivity contribution in [2.45, 2.75) is 20.4 Å². The molecule has 2 heterocycles. The molecular weight excluding hydrogens is 348 g/mol. The number of hydrazone groups is 1. The van der Waals surface area contributed by atoms with Crippen molar-refractivity contribution in [1.29, 1.82) is 0 Å². The minimum atomic E-state index is 0.0425. The van der Waals surface area contributed by atoms with Gasteiger partial charge in [-0.05, 0) is 25.5 Å². The topological polar surface area (TPSA) is 67.6 Å². The van der Waals surface area contributed by atoms with E-state index < -0.39 is 0 Å². The van der Waals surface area contributed by atoms with Crippen molar-refractivity contribution in [1.82, 2.24) is 14.6 Å². The molecule has 0 aliphatic carbocycles. The Morgan fingerprint density at radius 1 is 1.42 bits per heavy atom. The monoisotopic (exact) mass is 368 g/mol. The molecule has 26 heavy (non-hydrogen) atoms. The van der Waals surface area contributed by atoms with Crippen LogP contribution in [0.1, 0.15) is 43.9 Å². The lowest BCUT2D eigenvalue weighted by atomic mass is 10.1. The lowest BCUT2D eigenvalue weighted by molar-refractivity contribution is 0.101. The summed E-state index contributed by atoms with van der Waals surface area (Å²) in [7, 11) is 3.69. The van der Waals surface area contributed by atoms with Crippen LogP contribution in [0.3, 0.4) is 0 Å². The van der Waals surface area contributed by atoms with E-state index in [0.29, 0.717) is 17.8 Å². The molecule has 3 rings (SSSR count). The van der Waals surface area contributed by atoms with Gasteiger partial charge in [-0.2, -0.15) is 5.10 Å². The first kappa shape index (κ1) is 18.0. The van der Waals surface area contributed by atoms with E-state index in [-0.39, 0.29) is 5.78 Å². The van der Waals surface area contributed by atoms with Crippen molar-refractivity contribution >= 4 is 40.0 Å². The van der Waals surface area contributed by atoms with Gasteiger partial charge >= 0.3 is 0 Å². The predicted molar refractivity (Wildman–Crippen MR) is 104 cm³/mol. The van der Waals surface area contributed by atoms with E-state index in [1.807, 2.05) is 39.2 Å². The smallest absolute Gasteiger partial charge is 0.167 e. The molecule has 2 aromatic heterocycles. The third-order valence-corrected chi connectivity index (χ3v) is 5.15. The van der Waals surface area contributed by atoms with Crippen LogP contribution in [0.4, 0.5) is 0 Å². The van der Waals surface area contributed by atoms with Crippen LogP contribution >= 0.6 is 11.3 Å². The maximum absolute atomic E-state index is 11.5. The summed E-state index contributed by atoms with van der Waals surface area (Å²) in [6.07, 6.45) is 2.54. The molecular formula is C19H20N4O2S. The summed E-state index contributed by atoms with van der Waals surface area (Å²) in [5, 5.41) is 7.20. The fourth-order valence-corrected chi connectivity index (χ4v) is 3.82. The average molecular weight is 368 g/mol. The first-order valence-corrected chi connectivity index (χ1v) is 8.98. The molecule has 0 aliphatic rings. The minimum absolute atomic E-state index is 0.0425. The highest BCUT2D eigenvalue weighted by atomic mass is 32.1. The molecule has 0 aliphatic heterocycles. The number of thiazole rings is 1. The van der Waals surface area contributed by atoms with Gasteiger partial charge in [-0.15, -0.1) is 11.3 Å². The van der Waals surface area contributed by atoms with Crippen LogP contribution in [0, 0.1) is 6.92 Å². The number of carbonyl (C=O) groups excluding carboxylic acids is 2. The van der Waals surface area contributed by atoms with Crippen LogP contribution in [-0.4, -0.2) is 39.9 Å². The van der Waals surface area contributed by atoms with E-state index in [0.717, 1.165) is 32.8 Å². The number of aromatic nitrogens is 2. The van der Waals surface area contributed by atoms with E-state index in [1.54, 1.807) is 40.1 Å². The zero-order chi connectivity index (χ0) is 18.8. The Hall–Kier alpha value is -2.80. The number of fused-ring (bicyclic) bond motifs is 1. The summed E-state index contributed by atoms with van der Waals surface area (Å²) in [5.41, 5.74) is 3.84. The third kappa shape index (κ3) is 3.43. The van der Waals surface area contributed by atoms with Gasteiger partial charge in [0.15, 0.2) is 17.7 Å². The second kappa shape index (κ2) is 7.21. The summed E-state index contributed by atoms with van der Waals surface area (Å²) in [6, 6.07) is 7.51. The molecule has 6 nitrogen and oxygen atoms in total. The van der Waals surface area contributed by atoms with E-state index >= 15 is 0 Å². The first-order valence-electron chi connectivity index (χ1n) is 8.16. The zero-order valence-corrected chi connectivity index (χ0v) is 16.0. The van der Waals surface area contributed by atoms with Crippen LogP contribution in [0.2, 0.25) is 0 Å². The molecule has 0 bridgehead atoms. The summed E-state index contributed by atoms with van der Waals surface area (Å²) in [5.74, 6) is 0.0425. The predicted octanol–water partition coefficient (Wildman–Crippen LogP) is 3.42. The van der Waals surface area contributed by atoms with Crippen LogP contribution in [-0.2, 0) is 13.6 Å². The minimum Gasteiger partial charge on any atom is -0.325 e. The normalized spacial score (nSPS) is 11.4. The lowest BCUT2D eigenvalue weighted by Gasteiger charge is -2.13. The Morgan fingerprint density at radius 3 is 2.88 bits per heavy atom. The van der Waals surface area contributed by atoms with Gasteiger partial charge in [-0.25, -0.2) is 4.98 Å².